The third kappa shape index (κ3) is 6.96. The van der Waals surface area contributed by atoms with Crippen LogP contribution in [0.5, 0.6) is 5.75 Å². The summed E-state index contributed by atoms with van der Waals surface area (Å²) in [5.41, 5.74) is 0.286. The van der Waals surface area contributed by atoms with Crippen molar-refractivity contribution in [1.29, 1.82) is 0 Å². The lowest BCUT2D eigenvalue weighted by Crippen LogP contribution is -2.60. The van der Waals surface area contributed by atoms with Crippen molar-refractivity contribution in [2.24, 2.45) is 11.8 Å². The van der Waals surface area contributed by atoms with Crippen molar-refractivity contribution in [2.75, 3.05) is 6.61 Å². The third-order valence-corrected chi connectivity index (χ3v) is 6.05. The number of phenols is 1. The minimum atomic E-state index is -1.79. The molecule has 3 rings (SSSR count). The van der Waals surface area contributed by atoms with E-state index >= 15 is 0 Å². The molecule has 13 nitrogen and oxygen atoms in total. The fraction of sp³-hybridized carbons (Fsp3) is 0.400. The zero-order chi connectivity index (χ0) is 28.0. The van der Waals surface area contributed by atoms with Crippen molar-refractivity contribution in [3.63, 3.8) is 0 Å². The van der Waals surface area contributed by atoms with Crippen LogP contribution >= 0.6 is 0 Å². The van der Waals surface area contributed by atoms with Gasteiger partial charge in [0.05, 0.1) is 18.3 Å². The molecule has 1 saturated heterocycles. The molecule has 206 valence electrons. The van der Waals surface area contributed by atoms with Crippen LogP contribution in [0.4, 0.5) is 0 Å². The van der Waals surface area contributed by atoms with Crippen LogP contribution in [0.1, 0.15) is 12.0 Å². The van der Waals surface area contributed by atoms with E-state index in [0.29, 0.717) is 5.56 Å². The Morgan fingerprint density at radius 2 is 1.68 bits per heavy atom. The first-order chi connectivity index (χ1) is 18.0. The van der Waals surface area contributed by atoms with Crippen molar-refractivity contribution in [2.45, 2.75) is 43.4 Å². The summed E-state index contributed by atoms with van der Waals surface area (Å²) in [5.74, 6) is -5.51. The number of aliphatic hydroxyl groups is 3. The number of ether oxygens (including phenoxy) is 4. The molecule has 2 heterocycles. The summed E-state index contributed by atoms with van der Waals surface area (Å²) in [5, 5.41) is 58.9. The van der Waals surface area contributed by atoms with Gasteiger partial charge in [0.25, 0.3) is 0 Å². The number of carboxylic acid groups (broad SMARTS) is 2. The van der Waals surface area contributed by atoms with Crippen LogP contribution in [0.25, 0.3) is 6.08 Å². The highest BCUT2D eigenvalue weighted by Crippen LogP contribution is 2.36. The summed E-state index contributed by atoms with van der Waals surface area (Å²) in [6.07, 6.45) is -5.55. The number of carbonyl (C=O) groups is 3. The topological polar surface area (TPSA) is 210 Å². The lowest BCUT2D eigenvalue weighted by molar-refractivity contribution is -0.339. The molecule has 1 fully saturated rings. The lowest BCUT2D eigenvalue weighted by Gasteiger charge is -2.43. The first-order valence-corrected chi connectivity index (χ1v) is 11.4. The summed E-state index contributed by atoms with van der Waals surface area (Å²) < 4.78 is 21.5. The number of hydrogen-bond acceptors (Lipinski definition) is 11. The number of rotatable bonds is 10. The van der Waals surface area contributed by atoms with E-state index in [1.54, 1.807) is 12.1 Å². The number of aromatic hydroxyl groups is 1. The third-order valence-electron chi connectivity index (χ3n) is 6.05. The Kier molecular flexibility index (Phi) is 9.61. The summed E-state index contributed by atoms with van der Waals surface area (Å²) in [6.45, 7) is 3.05. The van der Waals surface area contributed by atoms with Gasteiger partial charge in [0, 0.05) is 17.9 Å². The van der Waals surface area contributed by atoms with Crippen LogP contribution in [-0.4, -0.2) is 92.1 Å². The molecule has 38 heavy (non-hydrogen) atoms. The Labute approximate surface area is 216 Å². The molecule has 0 saturated carbocycles. The second-order valence-electron chi connectivity index (χ2n) is 8.61. The molecular weight excluding hydrogens is 508 g/mol. The molecule has 2 aliphatic heterocycles. The van der Waals surface area contributed by atoms with Gasteiger partial charge in [0.15, 0.2) is 6.29 Å². The number of carbonyl (C=O) groups excluding carboxylic acids is 1. The number of hydrogen-bond donors (Lipinski definition) is 6. The second-order valence-corrected chi connectivity index (χ2v) is 8.61. The number of aliphatic hydroxyl groups excluding tert-OH is 3. The Hall–Kier alpha value is -3.75. The van der Waals surface area contributed by atoms with Gasteiger partial charge in [-0.2, -0.15) is 0 Å². The van der Waals surface area contributed by atoms with Crippen molar-refractivity contribution in [3.8, 4) is 5.75 Å². The number of aliphatic carboxylic acids is 2. The van der Waals surface area contributed by atoms with E-state index in [9.17, 15) is 45.0 Å². The highest BCUT2D eigenvalue weighted by Gasteiger charge is 2.48. The lowest BCUT2D eigenvalue weighted by atomic mass is 9.81. The quantitative estimate of drug-likeness (QED) is 0.132. The fourth-order valence-corrected chi connectivity index (χ4v) is 4.02. The first-order valence-electron chi connectivity index (χ1n) is 11.4. The summed E-state index contributed by atoms with van der Waals surface area (Å²) in [6, 6.07) is 5.98. The molecule has 0 amide bonds. The maximum absolute atomic E-state index is 12.1. The van der Waals surface area contributed by atoms with Gasteiger partial charge in [0.1, 0.15) is 36.8 Å². The predicted octanol–water partition coefficient (Wildman–Crippen LogP) is -0.00930. The number of carboxylic acids is 2. The molecule has 0 aromatic heterocycles. The molecule has 0 radical (unpaired) electrons. The van der Waals surface area contributed by atoms with Crippen LogP contribution in [0.3, 0.4) is 0 Å². The van der Waals surface area contributed by atoms with Crippen LogP contribution in [0.2, 0.25) is 0 Å². The van der Waals surface area contributed by atoms with Crippen LogP contribution in [0.15, 0.2) is 54.8 Å². The number of benzene rings is 1. The second kappa shape index (κ2) is 12.7. The van der Waals surface area contributed by atoms with Crippen LogP contribution < -0.4 is 0 Å². The smallest absolute Gasteiger partial charge is 0.335 e. The van der Waals surface area contributed by atoms with E-state index in [2.05, 4.69) is 6.58 Å². The molecule has 6 N–H and O–H groups in total. The zero-order valence-corrected chi connectivity index (χ0v) is 19.9. The standard InChI is InChI=1S/C25H28O13/c1-2-14-15(9-18(27)28)16(23(33)34)10-36-24(14)38-25-22(32)21(31)20(30)17(37-25)11-35-19(29)8-5-12-3-6-13(26)7-4-12/h2-8,10,14-15,17,20-22,24-26,30-32H,1,9,11H2,(H,27,28)(H,33,34). The molecule has 2 aliphatic rings. The molecule has 1 aromatic rings. The van der Waals surface area contributed by atoms with E-state index in [0.717, 1.165) is 12.3 Å². The van der Waals surface area contributed by atoms with Crippen molar-refractivity contribution in [3.05, 3.63) is 60.4 Å². The van der Waals surface area contributed by atoms with Gasteiger partial charge in [-0.25, -0.2) is 9.59 Å². The molecule has 0 bridgehead atoms. The molecule has 8 atom stereocenters. The monoisotopic (exact) mass is 536 g/mol. The Morgan fingerprint density at radius 1 is 1.00 bits per heavy atom. The van der Waals surface area contributed by atoms with E-state index in [-0.39, 0.29) is 11.3 Å². The Balaban J connectivity index is 1.67. The van der Waals surface area contributed by atoms with Crippen molar-refractivity contribution >= 4 is 24.0 Å². The minimum Gasteiger partial charge on any atom is -0.508 e. The van der Waals surface area contributed by atoms with Crippen molar-refractivity contribution in [1.82, 2.24) is 0 Å². The van der Waals surface area contributed by atoms with Crippen LogP contribution in [-0.2, 0) is 33.3 Å². The number of phenolic OH excluding ortho intramolecular Hbond substituents is 1. The largest absolute Gasteiger partial charge is 0.508 e. The molecular formula is C25H28O13. The number of esters is 1. The van der Waals surface area contributed by atoms with Gasteiger partial charge in [0.2, 0.25) is 6.29 Å². The van der Waals surface area contributed by atoms with E-state index in [1.807, 2.05) is 0 Å². The Bertz CT molecular complexity index is 1080. The van der Waals surface area contributed by atoms with Gasteiger partial charge in [-0.1, -0.05) is 18.2 Å². The van der Waals surface area contributed by atoms with Gasteiger partial charge >= 0.3 is 17.9 Å². The molecule has 13 heteroatoms. The van der Waals surface area contributed by atoms with Gasteiger partial charge < -0.3 is 49.6 Å². The van der Waals surface area contributed by atoms with Gasteiger partial charge in [-0.15, -0.1) is 6.58 Å². The fourth-order valence-electron chi connectivity index (χ4n) is 4.02. The molecule has 1 aromatic carbocycles. The van der Waals surface area contributed by atoms with Crippen molar-refractivity contribution < 1.29 is 64.0 Å². The van der Waals surface area contributed by atoms with E-state index < -0.39 is 79.8 Å². The predicted molar refractivity (Wildman–Crippen MR) is 126 cm³/mol. The normalized spacial score (nSPS) is 31.2. The van der Waals surface area contributed by atoms with E-state index in [4.69, 9.17) is 18.9 Å². The Morgan fingerprint density at radius 3 is 2.29 bits per heavy atom. The molecule has 0 spiro atoms. The average molecular weight is 536 g/mol. The van der Waals surface area contributed by atoms with Gasteiger partial charge in [-0.05, 0) is 23.8 Å². The maximum atomic E-state index is 12.1. The van der Waals surface area contributed by atoms with E-state index in [1.165, 1.54) is 24.3 Å². The molecule has 8 unspecified atom stereocenters. The minimum absolute atomic E-state index is 0.0551. The van der Waals surface area contributed by atoms with Gasteiger partial charge in [-0.3, -0.25) is 4.79 Å². The first kappa shape index (κ1) is 28.8. The molecule has 0 aliphatic carbocycles. The highest BCUT2D eigenvalue weighted by molar-refractivity contribution is 5.88. The average Bonchev–Trinajstić information content (AvgIpc) is 2.87. The van der Waals surface area contributed by atoms with Crippen LogP contribution in [0, 0.1) is 11.8 Å². The zero-order valence-electron chi connectivity index (χ0n) is 19.9. The SMILES string of the molecule is C=CC1C(OC2OC(COC(=O)C=Cc3ccc(O)cc3)C(O)C(O)C2O)OC=C(C(=O)O)C1CC(=O)O. The highest BCUT2D eigenvalue weighted by atomic mass is 16.8. The summed E-state index contributed by atoms with van der Waals surface area (Å²) in [4.78, 5) is 35.0. The maximum Gasteiger partial charge on any atom is 0.335 e. The summed E-state index contributed by atoms with van der Waals surface area (Å²) in [7, 11) is 0. The summed E-state index contributed by atoms with van der Waals surface area (Å²) >= 11 is 0.